The summed E-state index contributed by atoms with van der Waals surface area (Å²) in [4.78, 5) is 25.7. The maximum absolute atomic E-state index is 13.8. The van der Waals surface area contributed by atoms with E-state index < -0.39 is 11.7 Å². The van der Waals surface area contributed by atoms with Crippen molar-refractivity contribution in [3.05, 3.63) is 71.8 Å². The summed E-state index contributed by atoms with van der Waals surface area (Å²) in [5, 5.41) is 11.4. The summed E-state index contributed by atoms with van der Waals surface area (Å²) in [6.45, 7) is 3.91. The number of aliphatic hydroxyl groups excluding tert-OH is 1. The molecule has 0 bridgehead atoms. The van der Waals surface area contributed by atoms with E-state index in [1.807, 2.05) is 46.7 Å². The molecule has 0 unspecified atom stereocenters. The Kier molecular flexibility index (Phi) is 10.3. The highest BCUT2D eigenvalue weighted by Gasteiger charge is 2.34. The number of aliphatic hydroxyl groups is 1. The summed E-state index contributed by atoms with van der Waals surface area (Å²) in [5.74, 6) is -0.124. The van der Waals surface area contributed by atoms with Gasteiger partial charge in [-0.25, -0.2) is 0 Å². The number of pyridine rings is 2. The molecule has 0 spiro atoms. The fraction of sp³-hybridized carbons (Fsp3) is 0.433. The minimum Gasteiger partial charge on any atom is -0.395 e. The van der Waals surface area contributed by atoms with Gasteiger partial charge in [0.1, 0.15) is 6.54 Å². The van der Waals surface area contributed by atoms with Gasteiger partial charge in [0.15, 0.2) is 0 Å². The van der Waals surface area contributed by atoms with Crippen molar-refractivity contribution in [2.45, 2.75) is 52.0 Å². The van der Waals surface area contributed by atoms with Gasteiger partial charge in [-0.2, -0.15) is 13.2 Å². The Bertz CT molecular complexity index is 1450. The van der Waals surface area contributed by atoms with Crippen molar-refractivity contribution < 1.29 is 23.1 Å². The number of carbonyl (C=O) groups excluding carboxylic acids is 1. The molecule has 0 fully saturated rings. The first-order valence-electron chi connectivity index (χ1n) is 13.9. The summed E-state index contributed by atoms with van der Waals surface area (Å²) in [5.41, 5.74) is 7.20. The van der Waals surface area contributed by atoms with Gasteiger partial charge in [-0.1, -0.05) is 25.1 Å². The Morgan fingerprint density at radius 1 is 0.951 bits per heavy atom. The molecule has 0 aliphatic rings. The van der Waals surface area contributed by atoms with Crippen molar-refractivity contribution in [3.63, 3.8) is 0 Å². The second-order valence-corrected chi connectivity index (χ2v) is 10.1. The summed E-state index contributed by atoms with van der Waals surface area (Å²) in [6, 6.07) is 12.0. The van der Waals surface area contributed by atoms with E-state index in [4.69, 9.17) is 5.73 Å². The van der Waals surface area contributed by atoms with Crippen LogP contribution in [0.15, 0.2) is 54.9 Å². The van der Waals surface area contributed by atoms with Crippen molar-refractivity contribution in [2.24, 2.45) is 5.73 Å². The van der Waals surface area contributed by atoms with Crippen molar-refractivity contribution in [2.75, 3.05) is 32.8 Å². The molecule has 0 radical (unpaired) electrons. The number of amides is 1. The lowest BCUT2D eigenvalue weighted by atomic mass is 10.1. The molecule has 220 valence electrons. The fourth-order valence-corrected chi connectivity index (χ4v) is 5.28. The largest absolute Gasteiger partial charge is 0.418 e. The van der Waals surface area contributed by atoms with Crippen LogP contribution >= 0.6 is 0 Å². The lowest BCUT2D eigenvalue weighted by molar-refractivity contribution is -0.138. The van der Waals surface area contributed by atoms with Crippen LogP contribution in [0.3, 0.4) is 0 Å². The van der Waals surface area contributed by atoms with Crippen molar-refractivity contribution in [1.29, 1.82) is 0 Å². The third-order valence-corrected chi connectivity index (χ3v) is 7.14. The average Bonchev–Trinajstić information content (AvgIpc) is 3.27. The minimum atomic E-state index is -4.52. The van der Waals surface area contributed by atoms with Crippen molar-refractivity contribution >= 4 is 27.7 Å². The van der Waals surface area contributed by atoms with E-state index in [2.05, 4.69) is 9.97 Å². The number of alkyl halides is 3. The number of carbonyl (C=O) groups is 1. The van der Waals surface area contributed by atoms with Crippen LogP contribution in [0.25, 0.3) is 21.8 Å². The Balaban J connectivity index is 1.76. The Morgan fingerprint density at radius 3 is 2.44 bits per heavy atom. The van der Waals surface area contributed by atoms with Crippen LogP contribution in [0, 0.1) is 0 Å². The molecular weight excluding hydrogens is 533 g/mol. The van der Waals surface area contributed by atoms with Crippen molar-refractivity contribution in [1.82, 2.24) is 24.3 Å². The average molecular weight is 571 g/mol. The van der Waals surface area contributed by atoms with Gasteiger partial charge >= 0.3 is 6.18 Å². The lowest BCUT2D eigenvalue weighted by Gasteiger charge is -2.24. The molecular formula is C30H37F3N6O2. The number of hydrogen-bond acceptors (Lipinski definition) is 6. The second-order valence-electron chi connectivity index (χ2n) is 10.1. The number of halogens is 3. The van der Waals surface area contributed by atoms with Crippen LogP contribution in [0.1, 0.15) is 43.1 Å². The van der Waals surface area contributed by atoms with Gasteiger partial charge in [0, 0.05) is 54.9 Å². The molecule has 41 heavy (non-hydrogen) atoms. The molecule has 3 heterocycles. The number of rotatable bonds is 14. The van der Waals surface area contributed by atoms with Crippen molar-refractivity contribution in [3.8, 4) is 0 Å². The van der Waals surface area contributed by atoms with Crippen LogP contribution < -0.4 is 5.73 Å². The van der Waals surface area contributed by atoms with E-state index in [-0.39, 0.29) is 44.4 Å². The fourth-order valence-electron chi connectivity index (χ4n) is 5.28. The number of hydrogen-bond donors (Lipinski definition) is 2. The van der Waals surface area contributed by atoms with Crippen LogP contribution in [-0.2, 0) is 30.6 Å². The third kappa shape index (κ3) is 7.22. The third-order valence-electron chi connectivity index (χ3n) is 7.14. The molecule has 11 heteroatoms. The smallest absolute Gasteiger partial charge is 0.395 e. The van der Waals surface area contributed by atoms with Gasteiger partial charge in [-0.15, -0.1) is 0 Å². The summed E-state index contributed by atoms with van der Waals surface area (Å²) in [7, 11) is 0. The van der Waals surface area contributed by atoms with E-state index in [1.54, 1.807) is 11.1 Å². The highest BCUT2D eigenvalue weighted by atomic mass is 19.4. The molecule has 4 rings (SSSR count). The summed E-state index contributed by atoms with van der Waals surface area (Å²) in [6.07, 6.45) is 0.753. The summed E-state index contributed by atoms with van der Waals surface area (Å²) >= 11 is 0. The van der Waals surface area contributed by atoms with Gasteiger partial charge in [0.25, 0.3) is 0 Å². The molecule has 8 nitrogen and oxygen atoms in total. The molecule has 3 aromatic heterocycles. The monoisotopic (exact) mass is 570 g/mol. The Hall–Kier alpha value is -3.54. The zero-order valence-electron chi connectivity index (χ0n) is 23.3. The van der Waals surface area contributed by atoms with E-state index in [0.29, 0.717) is 31.7 Å². The molecule has 4 aromatic rings. The number of nitrogens with zero attached hydrogens (tertiary/aromatic N) is 5. The van der Waals surface area contributed by atoms with E-state index >= 15 is 0 Å². The van der Waals surface area contributed by atoms with E-state index in [9.17, 15) is 23.1 Å². The Labute approximate surface area is 237 Å². The number of para-hydroxylation sites is 1. The predicted octanol–water partition coefficient (Wildman–Crippen LogP) is 4.58. The van der Waals surface area contributed by atoms with Gasteiger partial charge in [0.05, 0.1) is 29.1 Å². The second kappa shape index (κ2) is 13.9. The van der Waals surface area contributed by atoms with Gasteiger partial charge in [-0.05, 0) is 56.6 Å². The first-order chi connectivity index (χ1) is 19.8. The molecule has 1 amide bonds. The minimum absolute atomic E-state index is 0.0156. The molecule has 3 N–H and O–H groups in total. The lowest BCUT2D eigenvalue weighted by Crippen LogP contribution is -2.36. The maximum atomic E-state index is 13.8. The number of aromatic nitrogens is 3. The number of benzene rings is 1. The van der Waals surface area contributed by atoms with Crippen LogP contribution in [0.4, 0.5) is 13.2 Å². The first-order valence-corrected chi connectivity index (χ1v) is 13.9. The van der Waals surface area contributed by atoms with Gasteiger partial charge in [-0.3, -0.25) is 19.7 Å². The van der Waals surface area contributed by atoms with E-state index in [0.717, 1.165) is 40.7 Å². The molecule has 0 aliphatic heterocycles. The maximum Gasteiger partial charge on any atom is 0.418 e. The highest BCUT2D eigenvalue weighted by Crippen LogP contribution is 2.33. The standard InChI is InChI=1S/C30H37F3N6O2/c1-2-15-38(17-18-40)28(41)21-39-27-10-4-3-8-22(27)23-11-14-36-26(29(23)39)20-37(16-6-5-12-34)19-25-24(30(31,32)33)9-7-13-35-25/h3-4,7-11,13-14,40H,2,5-6,12,15-21,34H2,1H3. The SMILES string of the molecule is CCCN(CCO)C(=O)Cn1c2ccccc2c2ccnc(CN(CCCCN)Cc3ncccc3C(F)(F)F)c21. The zero-order chi connectivity index (χ0) is 29.4. The van der Waals surface area contributed by atoms with Crippen LogP contribution in [0.2, 0.25) is 0 Å². The summed E-state index contributed by atoms with van der Waals surface area (Å²) < 4.78 is 43.2. The molecule has 0 saturated heterocycles. The number of unbranched alkanes of at least 4 members (excludes halogenated alkanes) is 1. The first kappa shape index (κ1) is 30.4. The molecule has 0 saturated carbocycles. The predicted molar refractivity (Wildman–Crippen MR) is 153 cm³/mol. The van der Waals surface area contributed by atoms with Gasteiger partial charge < -0.3 is 20.3 Å². The number of nitrogens with two attached hydrogens (primary N) is 1. The molecule has 0 atom stereocenters. The number of fused-ring (bicyclic) bond motifs is 3. The highest BCUT2D eigenvalue weighted by molar-refractivity contribution is 6.09. The van der Waals surface area contributed by atoms with Crippen LogP contribution in [-0.4, -0.2) is 68.1 Å². The topological polar surface area (TPSA) is 101 Å². The molecule has 0 aliphatic carbocycles. The zero-order valence-corrected chi connectivity index (χ0v) is 23.3. The Morgan fingerprint density at radius 2 is 1.71 bits per heavy atom. The van der Waals surface area contributed by atoms with E-state index in [1.165, 1.54) is 12.3 Å². The van der Waals surface area contributed by atoms with Crippen LogP contribution in [0.5, 0.6) is 0 Å². The quantitative estimate of drug-likeness (QED) is 0.216. The van der Waals surface area contributed by atoms with Gasteiger partial charge in [0.2, 0.25) is 5.91 Å². The molecule has 1 aromatic carbocycles. The normalized spacial score (nSPS) is 12.1.